The molecule has 0 saturated carbocycles. The Labute approximate surface area is 190 Å². The van der Waals surface area contributed by atoms with Crippen LogP contribution < -0.4 is 14.2 Å². The highest BCUT2D eigenvalue weighted by molar-refractivity contribution is 5.81. The molecule has 0 spiro atoms. The van der Waals surface area contributed by atoms with Crippen LogP contribution in [-0.2, 0) is 0 Å². The third-order valence-electron chi connectivity index (χ3n) is 4.60. The van der Waals surface area contributed by atoms with E-state index in [0.717, 1.165) is 33.9 Å². The van der Waals surface area contributed by atoms with Gasteiger partial charge in [0.25, 0.3) is 0 Å². The minimum Gasteiger partial charge on any atom is -0.494 e. The van der Waals surface area contributed by atoms with Crippen molar-refractivity contribution in [2.45, 2.75) is 26.9 Å². The lowest BCUT2D eigenvalue weighted by Gasteiger charge is -2.10. The highest BCUT2D eigenvalue weighted by Gasteiger charge is 2.07. The van der Waals surface area contributed by atoms with Crippen LogP contribution in [0.15, 0.2) is 82.8 Å². The summed E-state index contributed by atoms with van der Waals surface area (Å²) in [5.41, 5.74) is 2.96. The van der Waals surface area contributed by atoms with Crippen molar-refractivity contribution in [2.75, 3.05) is 19.8 Å². The molecule has 166 valence electrons. The van der Waals surface area contributed by atoms with Crippen molar-refractivity contribution in [3.05, 3.63) is 89.5 Å². The molecule has 0 saturated heterocycles. The first-order valence-electron chi connectivity index (χ1n) is 11.0. The van der Waals surface area contributed by atoms with E-state index in [9.17, 15) is 0 Å². The second-order valence-electron chi connectivity index (χ2n) is 6.94. The van der Waals surface area contributed by atoms with Crippen molar-refractivity contribution in [1.29, 1.82) is 0 Å². The first kappa shape index (κ1) is 23.1. The molecule has 0 amide bonds. The summed E-state index contributed by atoms with van der Waals surface area (Å²) in [5, 5.41) is 0. The highest BCUT2D eigenvalue weighted by Crippen LogP contribution is 2.23. The van der Waals surface area contributed by atoms with Crippen molar-refractivity contribution in [3.8, 4) is 17.2 Å². The van der Waals surface area contributed by atoms with Crippen LogP contribution >= 0.6 is 0 Å². The zero-order chi connectivity index (χ0) is 22.6. The largest absolute Gasteiger partial charge is 0.494 e. The Bertz CT molecular complexity index is 935. The van der Waals surface area contributed by atoms with Gasteiger partial charge in [-0.1, -0.05) is 12.1 Å². The fraction of sp³-hybridized carbons (Fsp3) is 0.259. The molecule has 0 atom stereocenters. The van der Waals surface area contributed by atoms with Gasteiger partial charge in [-0.15, -0.1) is 0 Å². The monoisotopic (exact) mass is 430 g/mol. The van der Waals surface area contributed by atoms with Crippen LogP contribution in [0.1, 0.15) is 43.6 Å². The van der Waals surface area contributed by atoms with E-state index in [1.54, 1.807) is 0 Å². The number of hydrogen-bond acceptors (Lipinski definition) is 5. The zero-order valence-corrected chi connectivity index (χ0v) is 18.9. The lowest BCUT2D eigenvalue weighted by atomic mass is 10.1. The summed E-state index contributed by atoms with van der Waals surface area (Å²) in [6, 6.07) is 23.6. The van der Waals surface area contributed by atoms with Gasteiger partial charge in [0.1, 0.15) is 17.2 Å². The van der Waals surface area contributed by atoms with Gasteiger partial charge in [0.05, 0.1) is 19.8 Å². The van der Waals surface area contributed by atoms with E-state index in [0.29, 0.717) is 19.8 Å². The zero-order valence-electron chi connectivity index (χ0n) is 18.9. The summed E-state index contributed by atoms with van der Waals surface area (Å²) in [6.45, 7) is 7.84. The summed E-state index contributed by atoms with van der Waals surface area (Å²) in [7, 11) is 0. The minimum absolute atomic E-state index is 0.371. The first-order valence-corrected chi connectivity index (χ1v) is 11.0. The Morgan fingerprint density at radius 2 is 0.906 bits per heavy atom. The molecule has 0 aromatic heterocycles. The topological polar surface area (TPSA) is 52.4 Å². The van der Waals surface area contributed by atoms with Crippen molar-refractivity contribution < 1.29 is 14.2 Å². The van der Waals surface area contributed by atoms with Crippen molar-refractivity contribution in [1.82, 2.24) is 0 Å². The van der Waals surface area contributed by atoms with E-state index in [1.807, 2.05) is 106 Å². The van der Waals surface area contributed by atoms with Crippen LogP contribution in [0.5, 0.6) is 17.2 Å². The molecule has 5 heteroatoms. The Kier molecular flexibility index (Phi) is 8.87. The summed E-state index contributed by atoms with van der Waals surface area (Å²) in [6.07, 6.45) is 3.31. The highest BCUT2D eigenvalue weighted by atomic mass is 16.5. The number of hydrogen-bond donors (Lipinski definition) is 0. The van der Waals surface area contributed by atoms with E-state index in [4.69, 9.17) is 24.2 Å². The Morgan fingerprint density at radius 3 is 1.25 bits per heavy atom. The fourth-order valence-electron chi connectivity index (χ4n) is 3.06. The second-order valence-corrected chi connectivity index (χ2v) is 6.94. The molecule has 3 aromatic carbocycles. The maximum absolute atomic E-state index is 5.56. The number of aliphatic imine (C=N–C) groups is 2. The lowest BCUT2D eigenvalue weighted by molar-refractivity contribution is 0.340. The molecule has 32 heavy (non-hydrogen) atoms. The molecule has 0 aliphatic rings. The van der Waals surface area contributed by atoms with Crippen molar-refractivity contribution >= 4 is 12.4 Å². The minimum atomic E-state index is -0.371. The quantitative estimate of drug-likeness (QED) is 0.344. The Balaban J connectivity index is 1.81. The molecule has 0 bridgehead atoms. The van der Waals surface area contributed by atoms with Gasteiger partial charge in [-0.3, -0.25) is 9.98 Å². The summed E-state index contributed by atoms with van der Waals surface area (Å²) in [5.74, 6) is 2.53. The smallest absolute Gasteiger partial charge is 0.165 e. The number of rotatable bonds is 11. The van der Waals surface area contributed by atoms with E-state index in [2.05, 4.69) is 0 Å². The fourth-order valence-corrected chi connectivity index (χ4v) is 3.06. The van der Waals surface area contributed by atoms with Gasteiger partial charge in [0.15, 0.2) is 6.17 Å². The van der Waals surface area contributed by atoms with Crippen LogP contribution in [0.3, 0.4) is 0 Å². The molecule has 0 unspecified atom stereocenters. The van der Waals surface area contributed by atoms with Gasteiger partial charge in [-0.25, -0.2) is 0 Å². The van der Waals surface area contributed by atoms with E-state index < -0.39 is 0 Å². The van der Waals surface area contributed by atoms with Crippen molar-refractivity contribution in [2.24, 2.45) is 9.98 Å². The molecule has 5 nitrogen and oxygen atoms in total. The Hall–Kier alpha value is -3.60. The van der Waals surface area contributed by atoms with Gasteiger partial charge < -0.3 is 14.2 Å². The van der Waals surface area contributed by atoms with E-state index >= 15 is 0 Å². The average Bonchev–Trinajstić information content (AvgIpc) is 2.82. The molecular weight excluding hydrogens is 400 g/mol. The average molecular weight is 431 g/mol. The number of ether oxygens (including phenoxy) is 3. The molecule has 0 heterocycles. The molecular formula is C27H30N2O3. The lowest BCUT2D eigenvalue weighted by Crippen LogP contribution is -1.97. The summed E-state index contributed by atoms with van der Waals surface area (Å²) < 4.78 is 16.6. The van der Waals surface area contributed by atoms with Gasteiger partial charge in [-0.2, -0.15) is 0 Å². The molecule has 0 radical (unpaired) electrons. The standard InChI is InChI=1S/C27H30N2O3/c1-4-30-24-13-7-21(8-14-24)19-28-27(23-11-17-26(18-12-23)32-6-3)29-20-22-9-15-25(16-10-22)31-5-2/h7-20,27H,4-6H2,1-3H3. The number of nitrogens with zero attached hydrogens (tertiary/aromatic N) is 2. The van der Waals surface area contributed by atoms with Gasteiger partial charge in [0.2, 0.25) is 0 Å². The predicted molar refractivity (Wildman–Crippen MR) is 131 cm³/mol. The van der Waals surface area contributed by atoms with Crippen LogP contribution in [0.25, 0.3) is 0 Å². The molecule has 3 rings (SSSR count). The third kappa shape index (κ3) is 6.98. The van der Waals surface area contributed by atoms with Gasteiger partial charge in [0, 0.05) is 12.4 Å². The van der Waals surface area contributed by atoms with E-state index in [-0.39, 0.29) is 6.17 Å². The van der Waals surface area contributed by atoms with Gasteiger partial charge in [-0.05, 0) is 98.1 Å². The van der Waals surface area contributed by atoms with Gasteiger partial charge >= 0.3 is 0 Å². The van der Waals surface area contributed by atoms with E-state index in [1.165, 1.54) is 0 Å². The maximum Gasteiger partial charge on any atom is 0.165 e. The van der Waals surface area contributed by atoms with Crippen LogP contribution in [0.4, 0.5) is 0 Å². The first-order chi connectivity index (χ1) is 15.7. The molecule has 3 aromatic rings. The molecule has 0 aliphatic carbocycles. The van der Waals surface area contributed by atoms with Crippen LogP contribution in [-0.4, -0.2) is 32.2 Å². The van der Waals surface area contributed by atoms with Crippen LogP contribution in [0, 0.1) is 0 Å². The molecule has 0 aliphatic heterocycles. The Morgan fingerprint density at radius 1 is 0.562 bits per heavy atom. The molecule has 0 fully saturated rings. The summed E-state index contributed by atoms with van der Waals surface area (Å²) >= 11 is 0. The predicted octanol–water partition coefficient (Wildman–Crippen LogP) is 6.12. The SMILES string of the molecule is CCOc1ccc(C=NC(N=Cc2ccc(OCC)cc2)c2ccc(OCC)cc2)cc1. The normalized spacial score (nSPS) is 12.2. The molecule has 0 N–H and O–H groups in total. The summed E-state index contributed by atoms with van der Waals surface area (Å²) in [4.78, 5) is 9.50. The third-order valence-corrected chi connectivity index (χ3v) is 4.60. The van der Waals surface area contributed by atoms with Crippen molar-refractivity contribution in [3.63, 3.8) is 0 Å². The maximum atomic E-state index is 5.56. The van der Waals surface area contributed by atoms with Crippen LogP contribution in [0.2, 0.25) is 0 Å². The second kappa shape index (κ2) is 12.3. The number of benzene rings is 3.